The first-order chi connectivity index (χ1) is 19.1. The molecule has 0 bridgehead atoms. The second-order valence-corrected chi connectivity index (χ2v) is 13.9. The highest BCUT2D eigenvalue weighted by atomic mass is 35.5. The van der Waals surface area contributed by atoms with Gasteiger partial charge in [-0.2, -0.15) is 0 Å². The molecule has 0 spiro atoms. The Balaban J connectivity index is 2.15. The van der Waals surface area contributed by atoms with E-state index < -0.39 is 34.1 Å². The first-order valence-electron chi connectivity index (χ1n) is 13.2. The molecule has 220 valence electrons. The average Bonchev–Trinajstić information content (AvgIpc) is 2.86. The van der Waals surface area contributed by atoms with Crippen molar-refractivity contribution in [2.75, 3.05) is 17.1 Å². The topological polar surface area (TPSA) is 86.8 Å². The van der Waals surface area contributed by atoms with Crippen molar-refractivity contribution in [1.82, 2.24) is 10.2 Å². The highest BCUT2D eigenvalue weighted by Gasteiger charge is 2.35. The van der Waals surface area contributed by atoms with E-state index in [1.54, 1.807) is 31.2 Å². The van der Waals surface area contributed by atoms with Crippen LogP contribution in [-0.4, -0.2) is 49.5 Å². The molecule has 0 fully saturated rings. The van der Waals surface area contributed by atoms with E-state index in [0.717, 1.165) is 21.7 Å². The molecule has 7 nitrogen and oxygen atoms in total. The largest absolute Gasteiger partial charge is 0.350 e. The zero-order valence-electron chi connectivity index (χ0n) is 24.2. The van der Waals surface area contributed by atoms with Crippen molar-refractivity contribution < 1.29 is 18.0 Å². The van der Waals surface area contributed by atoms with Crippen molar-refractivity contribution in [2.45, 2.75) is 59.2 Å². The summed E-state index contributed by atoms with van der Waals surface area (Å²) in [4.78, 5) is 29.4. The van der Waals surface area contributed by atoms with Crippen LogP contribution in [0.4, 0.5) is 5.69 Å². The number of aryl methyl sites for hydroxylation is 2. The highest BCUT2D eigenvalue weighted by Crippen LogP contribution is 2.29. The number of rotatable bonds is 10. The van der Waals surface area contributed by atoms with E-state index in [9.17, 15) is 18.0 Å². The summed E-state index contributed by atoms with van der Waals surface area (Å²) in [5, 5.41) is 3.66. The quantitative estimate of drug-likeness (QED) is 0.305. The van der Waals surface area contributed by atoms with Crippen molar-refractivity contribution in [3.05, 3.63) is 99.0 Å². The SMILES string of the molecule is Cc1ccc(C)c(N(CC(=O)N(Cc2c(Cl)cccc2Cl)[C@@H](Cc2ccccc2)C(=O)NC(C)(C)C)S(C)(=O)=O)c1. The molecule has 0 aromatic heterocycles. The van der Waals surface area contributed by atoms with Crippen LogP contribution in [0.25, 0.3) is 0 Å². The summed E-state index contributed by atoms with van der Waals surface area (Å²) in [6.45, 7) is 8.59. The molecule has 3 aromatic carbocycles. The molecular weight excluding hydrogens is 581 g/mol. The fourth-order valence-electron chi connectivity index (χ4n) is 4.44. The summed E-state index contributed by atoms with van der Waals surface area (Å²) >= 11 is 13.0. The summed E-state index contributed by atoms with van der Waals surface area (Å²) in [5.41, 5.74) is 2.65. The fraction of sp³-hybridized carbons (Fsp3) is 0.355. The Kier molecular flexibility index (Phi) is 10.5. The summed E-state index contributed by atoms with van der Waals surface area (Å²) in [6.07, 6.45) is 1.25. The molecule has 41 heavy (non-hydrogen) atoms. The minimum absolute atomic E-state index is 0.100. The van der Waals surface area contributed by atoms with Crippen molar-refractivity contribution in [3.8, 4) is 0 Å². The number of anilines is 1. The molecule has 3 rings (SSSR count). The van der Waals surface area contributed by atoms with Gasteiger partial charge in [0.1, 0.15) is 12.6 Å². The standard InChI is InChI=1S/C31H37Cl2N3O4S/c1-21-15-16-22(2)27(17-21)36(41(6,39)40)20-29(37)35(19-24-25(32)13-10-14-26(24)33)28(30(38)34-31(3,4)5)18-23-11-8-7-9-12-23/h7-17,28H,18-20H2,1-6H3,(H,34,38)/t28-/m0/s1. The van der Waals surface area contributed by atoms with E-state index >= 15 is 0 Å². The van der Waals surface area contributed by atoms with Gasteiger partial charge >= 0.3 is 0 Å². The van der Waals surface area contributed by atoms with Crippen molar-refractivity contribution >= 4 is 50.7 Å². The Morgan fingerprint density at radius 2 is 1.54 bits per heavy atom. The smallest absolute Gasteiger partial charge is 0.244 e. The number of amides is 2. The molecule has 2 amide bonds. The number of nitrogens with zero attached hydrogens (tertiary/aromatic N) is 2. The number of hydrogen-bond donors (Lipinski definition) is 1. The molecule has 0 aliphatic rings. The number of carbonyl (C=O) groups is 2. The summed E-state index contributed by atoms with van der Waals surface area (Å²) in [5.74, 6) is -0.951. The van der Waals surface area contributed by atoms with Gasteiger partial charge in [0.25, 0.3) is 0 Å². The third-order valence-corrected chi connectivity index (χ3v) is 8.31. The number of carbonyl (C=O) groups excluding carboxylic acids is 2. The summed E-state index contributed by atoms with van der Waals surface area (Å²) in [7, 11) is -3.88. The van der Waals surface area contributed by atoms with E-state index in [1.165, 1.54) is 4.90 Å². The van der Waals surface area contributed by atoms with Gasteiger partial charge in [0.2, 0.25) is 21.8 Å². The Morgan fingerprint density at radius 3 is 2.10 bits per heavy atom. The van der Waals surface area contributed by atoms with E-state index in [1.807, 2.05) is 70.2 Å². The van der Waals surface area contributed by atoms with Crippen LogP contribution < -0.4 is 9.62 Å². The van der Waals surface area contributed by atoms with Crippen LogP contribution in [0, 0.1) is 13.8 Å². The van der Waals surface area contributed by atoms with Crippen LogP contribution in [0.1, 0.15) is 43.0 Å². The molecule has 0 heterocycles. The lowest BCUT2D eigenvalue weighted by molar-refractivity contribution is -0.140. The molecule has 0 aliphatic carbocycles. The number of hydrogen-bond acceptors (Lipinski definition) is 4. The number of nitrogens with one attached hydrogen (secondary N) is 1. The van der Waals surface area contributed by atoms with Gasteiger partial charge in [-0.05, 0) is 69.5 Å². The lowest BCUT2D eigenvalue weighted by Gasteiger charge is -2.35. The predicted octanol–water partition coefficient (Wildman–Crippen LogP) is 5.93. The maximum absolute atomic E-state index is 14.3. The number of benzene rings is 3. The van der Waals surface area contributed by atoms with Gasteiger partial charge in [-0.3, -0.25) is 13.9 Å². The van der Waals surface area contributed by atoms with Crippen molar-refractivity contribution in [3.63, 3.8) is 0 Å². The van der Waals surface area contributed by atoms with Crippen LogP contribution in [-0.2, 0) is 32.6 Å². The molecule has 3 aromatic rings. The number of sulfonamides is 1. The lowest BCUT2D eigenvalue weighted by atomic mass is 10.0. The Morgan fingerprint density at radius 1 is 0.927 bits per heavy atom. The van der Waals surface area contributed by atoms with Gasteiger partial charge in [0.15, 0.2) is 0 Å². The molecule has 1 atom stereocenters. The van der Waals surface area contributed by atoms with E-state index in [2.05, 4.69) is 5.32 Å². The van der Waals surface area contributed by atoms with Gasteiger partial charge < -0.3 is 10.2 Å². The van der Waals surface area contributed by atoms with E-state index in [-0.39, 0.29) is 18.9 Å². The first kappa shape index (κ1) is 32.4. The number of halogens is 2. The van der Waals surface area contributed by atoms with Gasteiger partial charge in [0, 0.05) is 34.1 Å². The minimum atomic E-state index is -3.88. The monoisotopic (exact) mass is 617 g/mol. The molecule has 0 radical (unpaired) electrons. The van der Waals surface area contributed by atoms with Gasteiger partial charge in [-0.1, -0.05) is 71.7 Å². The van der Waals surface area contributed by atoms with Crippen molar-refractivity contribution in [1.29, 1.82) is 0 Å². The van der Waals surface area contributed by atoms with Crippen molar-refractivity contribution in [2.24, 2.45) is 0 Å². The third-order valence-electron chi connectivity index (χ3n) is 6.47. The Labute approximate surface area is 253 Å². The fourth-order valence-corrected chi connectivity index (χ4v) is 5.86. The third kappa shape index (κ3) is 8.96. The summed E-state index contributed by atoms with van der Waals surface area (Å²) < 4.78 is 27.2. The van der Waals surface area contributed by atoms with Gasteiger partial charge in [-0.25, -0.2) is 8.42 Å². The van der Waals surface area contributed by atoms with Crippen LogP contribution in [0.15, 0.2) is 66.7 Å². The molecule has 10 heteroatoms. The van der Waals surface area contributed by atoms with Crippen LogP contribution >= 0.6 is 23.2 Å². The minimum Gasteiger partial charge on any atom is -0.350 e. The summed E-state index contributed by atoms with van der Waals surface area (Å²) in [6, 6.07) is 18.8. The maximum Gasteiger partial charge on any atom is 0.244 e. The molecule has 0 saturated heterocycles. The highest BCUT2D eigenvalue weighted by molar-refractivity contribution is 7.92. The Hall–Kier alpha value is -3.07. The molecule has 0 aliphatic heterocycles. The van der Waals surface area contributed by atoms with Gasteiger partial charge in [-0.15, -0.1) is 0 Å². The van der Waals surface area contributed by atoms with Crippen LogP contribution in [0.3, 0.4) is 0 Å². The van der Waals surface area contributed by atoms with Crippen LogP contribution in [0.5, 0.6) is 0 Å². The first-order valence-corrected chi connectivity index (χ1v) is 15.8. The second kappa shape index (κ2) is 13.3. The molecule has 0 unspecified atom stereocenters. The Bertz CT molecular complexity index is 1490. The van der Waals surface area contributed by atoms with Gasteiger partial charge in [0.05, 0.1) is 11.9 Å². The second-order valence-electron chi connectivity index (χ2n) is 11.2. The lowest BCUT2D eigenvalue weighted by Crippen LogP contribution is -2.56. The normalized spacial score (nSPS) is 12.5. The maximum atomic E-state index is 14.3. The van der Waals surface area contributed by atoms with E-state index in [4.69, 9.17) is 23.2 Å². The molecule has 0 saturated carbocycles. The zero-order chi connectivity index (χ0) is 30.5. The molecular formula is C31H37Cl2N3O4S. The zero-order valence-corrected chi connectivity index (χ0v) is 26.6. The van der Waals surface area contributed by atoms with E-state index in [0.29, 0.717) is 26.9 Å². The van der Waals surface area contributed by atoms with Crippen LogP contribution in [0.2, 0.25) is 10.0 Å². The molecule has 1 N–H and O–H groups in total. The average molecular weight is 619 g/mol. The predicted molar refractivity (Wildman–Crippen MR) is 167 cm³/mol.